The van der Waals surface area contributed by atoms with Crippen molar-refractivity contribution in [3.8, 4) is 0 Å². The Bertz CT molecular complexity index is 1080. The first-order valence-corrected chi connectivity index (χ1v) is 11.1. The minimum atomic E-state index is -4.38. The molecule has 0 aliphatic rings. The van der Waals surface area contributed by atoms with Crippen LogP contribution in [0.15, 0.2) is 66.7 Å². The predicted octanol–water partition coefficient (Wildman–Crippen LogP) is 8.79. The Morgan fingerprint density at radius 1 is 0.625 bits per heavy atom. The van der Waals surface area contributed by atoms with Gasteiger partial charge in [0.2, 0.25) is 0 Å². The molecule has 0 saturated heterocycles. The molecule has 32 heavy (non-hydrogen) atoms. The zero-order valence-corrected chi connectivity index (χ0v) is 20.1. The van der Waals surface area contributed by atoms with Gasteiger partial charge in [-0.05, 0) is 52.3 Å². The van der Waals surface area contributed by atoms with Gasteiger partial charge in [0, 0.05) is 10.8 Å². The van der Waals surface area contributed by atoms with Gasteiger partial charge in [0.1, 0.15) is 0 Å². The van der Waals surface area contributed by atoms with Crippen LogP contribution in [0.2, 0.25) is 0 Å². The second-order valence-corrected chi connectivity index (χ2v) is 10.1. The molecule has 170 valence electrons. The summed E-state index contributed by atoms with van der Waals surface area (Å²) in [7, 11) is 0. The fraction of sp³-hybridized carbons (Fsp3) is 0.379. The largest absolute Gasteiger partial charge is 0.416 e. The van der Waals surface area contributed by atoms with Crippen LogP contribution >= 0.6 is 0 Å². The summed E-state index contributed by atoms with van der Waals surface area (Å²) < 4.78 is 41.0. The fourth-order valence-electron chi connectivity index (χ4n) is 4.62. The Balaban J connectivity index is 2.03. The third-order valence-electron chi connectivity index (χ3n) is 6.83. The van der Waals surface area contributed by atoms with E-state index in [9.17, 15) is 13.2 Å². The number of rotatable bonds is 5. The summed E-state index contributed by atoms with van der Waals surface area (Å²) >= 11 is 0. The van der Waals surface area contributed by atoms with Crippen molar-refractivity contribution in [2.45, 2.75) is 71.4 Å². The quantitative estimate of drug-likeness (QED) is 0.373. The van der Waals surface area contributed by atoms with E-state index in [-0.39, 0.29) is 5.41 Å². The minimum Gasteiger partial charge on any atom is -0.166 e. The maximum Gasteiger partial charge on any atom is 0.416 e. The van der Waals surface area contributed by atoms with Crippen LogP contribution in [-0.2, 0) is 17.0 Å². The Hall–Kier alpha value is -2.55. The van der Waals surface area contributed by atoms with Crippen molar-refractivity contribution in [2.75, 3.05) is 0 Å². The average molecular weight is 439 g/mol. The van der Waals surface area contributed by atoms with Gasteiger partial charge in [-0.15, -0.1) is 0 Å². The van der Waals surface area contributed by atoms with Crippen molar-refractivity contribution in [3.05, 3.63) is 106 Å². The number of aryl methyl sites for hydroxylation is 1. The topological polar surface area (TPSA) is 0 Å². The average Bonchev–Trinajstić information content (AvgIpc) is 2.73. The molecule has 0 atom stereocenters. The molecule has 0 aliphatic heterocycles. The smallest absolute Gasteiger partial charge is 0.166 e. The van der Waals surface area contributed by atoms with Gasteiger partial charge < -0.3 is 0 Å². The van der Waals surface area contributed by atoms with E-state index >= 15 is 0 Å². The molecule has 0 heterocycles. The molecule has 0 aliphatic carbocycles. The fourth-order valence-corrected chi connectivity index (χ4v) is 4.62. The Kier molecular flexibility index (Phi) is 6.34. The van der Waals surface area contributed by atoms with E-state index in [4.69, 9.17) is 0 Å². The SMILES string of the molecule is Cc1cc(C(C)(C)c2ccccc2C(F)(F)F)ccc1C(C)(C)c1ccc(C(C)C)cc1. The van der Waals surface area contributed by atoms with Crippen molar-refractivity contribution in [3.63, 3.8) is 0 Å². The van der Waals surface area contributed by atoms with Crippen LogP contribution in [0.1, 0.15) is 86.4 Å². The van der Waals surface area contributed by atoms with Gasteiger partial charge in [0.05, 0.1) is 5.56 Å². The molecule has 0 spiro atoms. The first-order valence-electron chi connectivity index (χ1n) is 11.1. The summed E-state index contributed by atoms with van der Waals surface area (Å²) in [5, 5.41) is 0. The maximum absolute atomic E-state index is 13.7. The molecule has 3 rings (SSSR count). The van der Waals surface area contributed by atoms with E-state index in [1.807, 2.05) is 26.0 Å². The van der Waals surface area contributed by atoms with Crippen molar-refractivity contribution >= 4 is 0 Å². The highest BCUT2D eigenvalue weighted by atomic mass is 19.4. The van der Waals surface area contributed by atoms with E-state index in [0.717, 1.165) is 11.1 Å². The zero-order chi connectivity index (χ0) is 23.9. The van der Waals surface area contributed by atoms with Crippen molar-refractivity contribution in [2.24, 2.45) is 0 Å². The molecular weight excluding hydrogens is 405 g/mol. The number of halogens is 3. The second-order valence-electron chi connectivity index (χ2n) is 10.1. The Labute approximate surface area is 190 Å². The highest BCUT2D eigenvalue weighted by molar-refractivity contribution is 5.49. The van der Waals surface area contributed by atoms with Crippen LogP contribution in [0.3, 0.4) is 0 Å². The van der Waals surface area contributed by atoms with Crippen LogP contribution in [0.25, 0.3) is 0 Å². The predicted molar refractivity (Wildman–Crippen MR) is 127 cm³/mol. The summed E-state index contributed by atoms with van der Waals surface area (Å²) in [6, 6.07) is 20.7. The summed E-state index contributed by atoms with van der Waals surface area (Å²) in [6.45, 7) is 14.5. The molecule has 0 N–H and O–H groups in total. The lowest BCUT2D eigenvalue weighted by molar-refractivity contribution is -0.138. The van der Waals surface area contributed by atoms with E-state index in [1.165, 1.54) is 28.8 Å². The first kappa shape index (κ1) is 24.1. The van der Waals surface area contributed by atoms with Crippen molar-refractivity contribution in [1.29, 1.82) is 0 Å². The van der Waals surface area contributed by atoms with Gasteiger partial charge >= 0.3 is 6.18 Å². The number of alkyl halides is 3. The second kappa shape index (κ2) is 8.42. The molecule has 0 fully saturated rings. The van der Waals surface area contributed by atoms with Gasteiger partial charge in [0.15, 0.2) is 0 Å². The van der Waals surface area contributed by atoms with E-state index in [0.29, 0.717) is 11.5 Å². The summed E-state index contributed by atoms with van der Waals surface area (Å²) in [5.74, 6) is 0.481. The molecule has 0 bridgehead atoms. The standard InChI is InChI=1S/C29H33F3/c1-19(2)21-12-14-22(15-13-21)27(4,5)24-17-16-23(18-20(24)3)28(6,7)25-10-8-9-11-26(25)29(30,31)32/h8-19H,1-7H3. The Morgan fingerprint density at radius 3 is 1.62 bits per heavy atom. The molecule has 0 unspecified atom stereocenters. The molecule has 3 aromatic carbocycles. The molecule has 0 aromatic heterocycles. The van der Waals surface area contributed by atoms with Crippen LogP contribution in [-0.4, -0.2) is 0 Å². The lowest BCUT2D eigenvalue weighted by Gasteiger charge is -2.32. The maximum atomic E-state index is 13.7. The first-order chi connectivity index (χ1) is 14.8. The molecule has 3 aromatic rings. The minimum absolute atomic E-state index is 0.216. The van der Waals surface area contributed by atoms with Gasteiger partial charge in [-0.3, -0.25) is 0 Å². The highest BCUT2D eigenvalue weighted by Gasteiger charge is 2.38. The van der Waals surface area contributed by atoms with Gasteiger partial charge in [-0.2, -0.15) is 13.2 Å². The highest BCUT2D eigenvalue weighted by Crippen LogP contribution is 2.42. The summed E-state index contributed by atoms with van der Waals surface area (Å²) in [4.78, 5) is 0. The lowest BCUT2D eigenvalue weighted by atomic mass is 9.72. The van der Waals surface area contributed by atoms with Crippen molar-refractivity contribution in [1.82, 2.24) is 0 Å². The summed E-state index contributed by atoms with van der Waals surface area (Å²) in [6.07, 6.45) is -4.38. The number of hydrogen-bond acceptors (Lipinski definition) is 0. The van der Waals surface area contributed by atoms with Gasteiger partial charge in [-0.25, -0.2) is 0 Å². The van der Waals surface area contributed by atoms with Crippen LogP contribution < -0.4 is 0 Å². The molecule has 3 heteroatoms. The van der Waals surface area contributed by atoms with Gasteiger partial charge in [-0.1, -0.05) is 102 Å². The van der Waals surface area contributed by atoms with Crippen LogP contribution in [0, 0.1) is 6.92 Å². The Morgan fingerprint density at radius 2 is 1.12 bits per heavy atom. The molecule has 0 radical (unpaired) electrons. The zero-order valence-electron chi connectivity index (χ0n) is 20.1. The van der Waals surface area contributed by atoms with Crippen molar-refractivity contribution < 1.29 is 13.2 Å². The monoisotopic (exact) mass is 438 g/mol. The van der Waals surface area contributed by atoms with Crippen LogP contribution in [0.4, 0.5) is 13.2 Å². The number of hydrogen-bond donors (Lipinski definition) is 0. The van der Waals surface area contributed by atoms with E-state index in [2.05, 4.69) is 65.0 Å². The van der Waals surface area contributed by atoms with E-state index in [1.54, 1.807) is 12.1 Å². The lowest BCUT2D eigenvalue weighted by Crippen LogP contribution is -2.25. The van der Waals surface area contributed by atoms with E-state index < -0.39 is 17.2 Å². The third kappa shape index (κ3) is 4.48. The molecule has 0 saturated carbocycles. The molecular formula is C29H33F3. The molecule has 0 amide bonds. The van der Waals surface area contributed by atoms with Gasteiger partial charge in [0.25, 0.3) is 0 Å². The number of benzene rings is 3. The van der Waals surface area contributed by atoms with Crippen LogP contribution in [0.5, 0.6) is 0 Å². The normalized spacial score (nSPS) is 13.0. The third-order valence-corrected chi connectivity index (χ3v) is 6.83. The summed E-state index contributed by atoms with van der Waals surface area (Å²) in [5.41, 5.74) is 4.39. The molecule has 0 nitrogen and oxygen atoms in total.